The molecular weight excluding hydrogens is 346 g/mol. The number of hydrogen-bond donors (Lipinski definition) is 1. The highest BCUT2D eigenvalue weighted by Gasteiger charge is 2.15. The van der Waals surface area contributed by atoms with Crippen LogP contribution in [0.15, 0.2) is 48.5 Å². The maximum atomic E-state index is 12.0. The van der Waals surface area contributed by atoms with E-state index in [1.807, 2.05) is 12.1 Å². The molecule has 1 heterocycles. The second kappa shape index (κ2) is 9.14. The lowest BCUT2D eigenvalue weighted by Crippen LogP contribution is -2.28. The van der Waals surface area contributed by atoms with Gasteiger partial charge in [-0.15, -0.1) is 0 Å². The predicted octanol–water partition coefficient (Wildman–Crippen LogP) is 2.89. The van der Waals surface area contributed by atoms with E-state index in [1.54, 1.807) is 12.1 Å². The van der Waals surface area contributed by atoms with Crippen LogP contribution in [0.3, 0.4) is 0 Å². The molecule has 0 aliphatic carbocycles. The van der Waals surface area contributed by atoms with Crippen molar-refractivity contribution in [1.29, 1.82) is 0 Å². The molecule has 0 saturated carbocycles. The fourth-order valence-corrected chi connectivity index (χ4v) is 3.09. The smallest absolute Gasteiger partial charge is 0.310 e. The average Bonchev–Trinajstić information content (AvgIpc) is 3.19. The number of carbonyl (C=O) groups is 1. The molecule has 1 fully saturated rings. The number of nitro groups is 1. The molecule has 142 valence electrons. The summed E-state index contributed by atoms with van der Waals surface area (Å²) in [4.78, 5) is 24.8. The second-order valence-corrected chi connectivity index (χ2v) is 6.59. The van der Waals surface area contributed by atoms with Crippen molar-refractivity contribution in [3.63, 3.8) is 0 Å². The summed E-state index contributed by atoms with van der Waals surface area (Å²) in [6.07, 6.45) is 2.55. The van der Waals surface area contributed by atoms with Crippen LogP contribution in [0.4, 0.5) is 5.69 Å². The Bertz CT molecular complexity index is 786. The van der Waals surface area contributed by atoms with Crippen LogP contribution < -0.4 is 10.1 Å². The Morgan fingerprint density at radius 1 is 1.07 bits per heavy atom. The third-order valence-corrected chi connectivity index (χ3v) is 4.54. The van der Waals surface area contributed by atoms with Crippen LogP contribution in [-0.2, 0) is 17.9 Å². The monoisotopic (exact) mass is 369 g/mol. The number of rotatable bonds is 8. The number of nitrogens with one attached hydrogen (secondary N) is 1. The van der Waals surface area contributed by atoms with E-state index in [1.165, 1.54) is 30.5 Å². The first-order valence-electron chi connectivity index (χ1n) is 9.05. The molecule has 2 aromatic rings. The van der Waals surface area contributed by atoms with Gasteiger partial charge in [0, 0.05) is 19.2 Å². The number of hydrogen-bond acceptors (Lipinski definition) is 5. The van der Waals surface area contributed by atoms with Crippen molar-refractivity contribution in [2.75, 3.05) is 19.7 Å². The minimum Gasteiger partial charge on any atom is -0.477 e. The van der Waals surface area contributed by atoms with Crippen molar-refractivity contribution >= 4 is 11.6 Å². The molecule has 0 unspecified atom stereocenters. The topological polar surface area (TPSA) is 84.7 Å². The standard InChI is InChI=1S/C20H23N3O4/c24-20(15-27-19-6-2-1-5-18(19)23(25)26)21-13-16-7-9-17(10-8-16)14-22-11-3-4-12-22/h1-2,5-10H,3-4,11-15H2,(H,21,24). The molecule has 1 N–H and O–H groups in total. The average molecular weight is 369 g/mol. The van der Waals surface area contributed by atoms with Crippen molar-refractivity contribution < 1.29 is 14.5 Å². The van der Waals surface area contributed by atoms with E-state index in [4.69, 9.17) is 4.74 Å². The van der Waals surface area contributed by atoms with E-state index in [2.05, 4.69) is 22.3 Å². The quantitative estimate of drug-likeness (QED) is 0.571. The lowest BCUT2D eigenvalue weighted by molar-refractivity contribution is -0.385. The second-order valence-electron chi connectivity index (χ2n) is 6.59. The largest absolute Gasteiger partial charge is 0.477 e. The Morgan fingerprint density at radius 2 is 1.74 bits per heavy atom. The maximum Gasteiger partial charge on any atom is 0.310 e. The van der Waals surface area contributed by atoms with Gasteiger partial charge < -0.3 is 10.1 Å². The molecule has 2 aromatic carbocycles. The van der Waals surface area contributed by atoms with Gasteiger partial charge in [-0.1, -0.05) is 36.4 Å². The number of benzene rings is 2. The summed E-state index contributed by atoms with van der Waals surface area (Å²) in [5.74, 6) is -0.238. The van der Waals surface area contributed by atoms with Crippen LogP contribution in [0.5, 0.6) is 5.75 Å². The number of likely N-dealkylation sites (tertiary alicyclic amines) is 1. The number of nitro benzene ring substituents is 1. The molecule has 0 radical (unpaired) electrons. The zero-order valence-corrected chi connectivity index (χ0v) is 15.1. The van der Waals surface area contributed by atoms with Gasteiger partial charge in [0.15, 0.2) is 12.4 Å². The number of ether oxygens (including phenoxy) is 1. The summed E-state index contributed by atoms with van der Waals surface area (Å²) in [5.41, 5.74) is 2.12. The Morgan fingerprint density at radius 3 is 2.44 bits per heavy atom. The molecule has 1 aliphatic heterocycles. The van der Waals surface area contributed by atoms with E-state index < -0.39 is 4.92 Å². The molecular formula is C20H23N3O4. The van der Waals surface area contributed by atoms with Crippen LogP contribution >= 0.6 is 0 Å². The van der Waals surface area contributed by atoms with Crippen molar-refractivity contribution in [2.24, 2.45) is 0 Å². The van der Waals surface area contributed by atoms with Crippen LogP contribution in [0.2, 0.25) is 0 Å². The van der Waals surface area contributed by atoms with Gasteiger partial charge in [0.2, 0.25) is 0 Å². The van der Waals surface area contributed by atoms with Crippen molar-refractivity contribution in [3.05, 3.63) is 69.8 Å². The van der Waals surface area contributed by atoms with Gasteiger partial charge in [0.25, 0.3) is 5.91 Å². The zero-order valence-electron chi connectivity index (χ0n) is 15.1. The van der Waals surface area contributed by atoms with Crippen LogP contribution in [-0.4, -0.2) is 35.4 Å². The summed E-state index contributed by atoms with van der Waals surface area (Å²) >= 11 is 0. The third-order valence-electron chi connectivity index (χ3n) is 4.54. The van der Waals surface area contributed by atoms with Gasteiger partial charge in [-0.3, -0.25) is 19.8 Å². The lowest BCUT2D eigenvalue weighted by atomic mass is 10.1. The van der Waals surface area contributed by atoms with Crippen LogP contribution in [0, 0.1) is 10.1 Å². The van der Waals surface area contributed by atoms with Crippen molar-refractivity contribution in [3.8, 4) is 5.75 Å². The molecule has 1 saturated heterocycles. The van der Waals surface area contributed by atoms with Gasteiger partial charge in [-0.25, -0.2) is 0 Å². The molecule has 7 heteroatoms. The molecule has 1 aliphatic rings. The van der Waals surface area contributed by atoms with Gasteiger partial charge in [-0.2, -0.15) is 0 Å². The number of carbonyl (C=O) groups excluding carboxylic acids is 1. The SMILES string of the molecule is O=C(COc1ccccc1[N+](=O)[O-])NCc1ccc(CN2CCCC2)cc1. The summed E-state index contributed by atoms with van der Waals surface area (Å²) < 4.78 is 5.28. The highest BCUT2D eigenvalue weighted by molar-refractivity contribution is 5.77. The summed E-state index contributed by atoms with van der Waals surface area (Å²) in [6, 6.07) is 14.2. The molecule has 7 nitrogen and oxygen atoms in total. The van der Waals surface area contributed by atoms with Gasteiger partial charge in [0.1, 0.15) is 0 Å². The molecule has 27 heavy (non-hydrogen) atoms. The van der Waals surface area contributed by atoms with Crippen molar-refractivity contribution in [1.82, 2.24) is 10.2 Å². The highest BCUT2D eigenvalue weighted by atomic mass is 16.6. The highest BCUT2D eigenvalue weighted by Crippen LogP contribution is 2.25. The molecule has 0 bridgehead atoms. The molecule has 0 spiro atoms. The van der Waals surface area contributed by atoms with E-state index >= 15 is 0 Å². The van der Waals surface area contributed by atoms with E-state index in [9.17, 15) is 14.9 Å². The van der Waals surface area contributed by atoms with E-state index in [0.29, 0.717) is 6.54 Å². The number of para-hydroxylation sites is 2. The molecule has 1 amide bonds. The van der Waals surface area contributed by atoms with Crippen LogP contribution in [0.1, 0.15) is 24.0 Å². The number of amides is 1. The Kier molecular flexibility index (Phi) is 6.38. The Labute approximate surface area is 158 Å². The third kappa shape index (κ3) is 5.52. The van der Waals surface area contributed by atoms with Gasteiger partial charge in [0.05, 0.1) is 4.92 Å². The Hall–Kier alpha value is -2.93. The molecule has 0 aromatic heterocycles. The van der Waals surface area contributed by atoms with E-state index in [-0.39, 0.29) is 24.0 Å². The molecule has 3 rings (SSSR count). The van der Waals surface area contributed by atoms with Crippen LogP contribution in [0.25, 0.3) is 0 Å². The molecule has 0 atom stereocenters. The summed E-state index contributed by atoms with van der Waals surface area (Å²) in [6.45, 7) is 3.42. The zero-order chi connectivity index (χ0) is 19.1. The fraction of sp³-hybridized carbons (Fsp3) is 0.350. The normalized spacial score (nSPS) is 14.1. The Balaban J connectivity index is 1.44. The summed E-state index contributed by atoms with van der Waals surface area (Å²) in [5, 5.41) is 13.7. The minimum atomic E-state index is -0.531. The maximum absolute atomic E-state index is 12.0. The van der Waals surface area contributed by atoms with Gasteiger partial charge >= 0.3 is 5.69 Å². The van der Waals surface area contributed by atoms with Gasteiger partial charge in [-0.05, 0) is 43.1 Å². The first-order valence-corrected chi connectivity index (χ1v) is 9.05. The first kappa shape index (κ1) is 18.8. The fourth-order valence-electron chi connectivity index (χ4n) is 3.09. The first-order chi connectivity index (χ1) is 13.1. The number of nitrogens with zero attached hydrogens (tertiary/aromatic N) is 2. The van der Waals surface area contributed by atoms with Crippen molar-refractivity contribution in [2.45, 2.75) is 25.9 Å². The minimum absolute atomic E-state index is 0.0870. The van der Waals surface area contributed by atoms with E-state index in [0.717, 1.165) is 25.2 Å². The summed E-state index contributed by atoms with van der Waals surface area (Å²) in [7, 11) is 0. The predicted molar refractivity (Wildman–Crippen MR) is 101 cm³/mol. The lowest BCUT2D eigenvalue weighted by Gasteiger charge is -2.14.